The van der Waals surface area contributed by atoms with Crippen LogP contribution in [-0.2, 0) is 0 Å². The highest BCUT2D eigenvalue weighted by Crippen LogP contribution is 2.28. The molecule has 1 aromatic heterocycles. The normalized spacial score (nSPS) is 25.6. The molecule has 1 heterocycles. The number of nitrogens with zero attached hydrogens (tertiary/aromatic N) is 2. The predicted octanol–water partition coefficient (Wildman–Crippen LogP) is 2.30. The summed E-state index contributed by atoms with van der Waals surface area (Å²) in [4.78, 5) is 8.66. The van der Waals surface area contributed by atoms with Crippen LogP contribution in [0.4, 0.5) is 5.95 Å². The quantitative estimate of drug-likeness (QED) is 0.779. The topological polar surface area (TPSA) is 37.8 Å². The lowest BCUT2D eigenvalue weighted by Crippen LogP contribution is -2.34. The van der Waals surface area contributed by atoms with Gasteiger partial charge in [0.1, 0.15) is 0 Å². The molecule has 0 bridgehead atoms. The third-order valence-corrected chi connectivity index (χ3v) is 2.93. The van der Waals surface area contributed by atoms with E-state index in [2.05, 4.69) is 22.2 Å². The minimum Gasteiger partial charge on any atom is -0.351 e. The summed E-state index contributed by atoms with van der Waals surface area (Å²) in [5.74, 6) is 1.64. The zero-order valence-electron chi connectivity index (χ0n) is 9.04. The van der Waals surface area contributed by atoms with Crippen molar-refractivity contribution in [3.05, 3.63) is 17.5 Å². The Labute approximate surface area is 85.0 Å². The van der Waals surface area contributed by atoms with Gasteiger partial charge >= 0.3 is 0 Å². The maximum atomic E-state index is 4.40. The molecule has 3 nitrogen and oxygen atoms in total. The molecule has 1 aromatic rings. The minimum absolute atomic E-state index is 0.590. The molecule has 0 unspecified atom stereocenters. The molecule has 1 fully saturated rings. The molecular formula is C11H17N3. The molecule has 76 valence electrons. The average molecular weight is 191 g/mol. The van der Waals surface area contributed by atoms with Gasteiger partial charge in [0.2, 0.25) is 5.95 Å². The van der Waals surface area contributed by atoms with Gasteiger partial charge in [-0.1, -0.05) is 6.92 Å². The summed E-state index contributed by atoms with van der Waals surface area (Å²) < 4.78 is 0. The summed E-state index contributed by atoms with van der Waals surface area (Å²) in [5.41, 5.74) is 2.22. The summed E-state index contributed by atoms with van der Waals surface area (Å²) in [5, 5.41) is 3.35. The lowest BCUT2D eigenvalue weighted by atomic mass is 9.82. The average Bonchev–Trinajstić information content (AvgIpc) is 2.09. The van der Waals surface area contributed by atoms with Gasteiger partial charge in [0, 0.05) is 17.9 Å². The molecule has 0 aliphatic heterocycles. The molecule has 14 heavy (non-hydrogen) atoms. The van der Waals surface area contributed by atoms with Gasteiger partial charge in [-0.05, 0) is 38.2 Å². The van der Waals surface area contributed by atoms with Crippen molar-refractivity contribution in [2.45, 2.75) is 39.7 Å². The van der Waals surface area contributed by atoms with E-state index in [1.807, 2.05) is 20.0 Å². The molecule has 0 atom stereocenters. The van der Waals surface area contributed by atoms with Crippen LogP contribution in [0, 0.1) is 19.8 Å². The summed E-state index contributed by atoms with van der Waals surface area (Å²) >= 11 is 0. The van der Waals surface area contributed by atoms with Crippen molar-refractivity contribution in [3.63, 3.8) is 0 Å². The minimum atomic E-state index is 0.590. The largest absolute Gasteiger partial charge is 0.351 e. The number of aryl methyl sites for hydroxylation is 2. The Kier molecular flexibility index (Phi) is 2.40. The smallest absolute Gasteiger partial charge is 0.223 e. The zero-order valence-corrected chi connectivity index (χ0v) is 9.04. The van der Waals surface area contributed by atoms with Crippen LogP contribution in [0.3, 0.4) is 0 Å². The third kappa shape index (κ3) is 1.86. The van der Waals surface area contributed by atoms with Crippen LogP contribution < -0.4 is 5.32 Å². The molecule has 1 aliphatic rings. The first-order valence-corrected chi connectivity index (χ1v) is 5.22. The van der Waals surface area contributed by atoms with Gasteiger partial charge in [-0.3, -0.25) is 0 Å². The molecule has 0 amide bonds. The zero-order chi connectivity index (χ0) is 10.1. The van der Waals surface area contributed by atoms with Gasteiger partial charge in [0.25, 0.3) is 0 Å². The van der Waals surface area contributed by atoms with Crippen molar-refractivity contribution in [2.24, 2.45) is 5.92 Å². The van der Waals surface area contributed by atoms with Crippen LogP contribution in [0.5, 0.6) is 0 Å². The summed E-state index contributed by atoms with van der Waals surface area (Å²) in [6, 6.07) is 0.590. The Balaban J connectivity index is 2.00. The monoisotopic (exact) mass is 191 g/mol. The van der Waals surface area contributed by atoms with Crippen LogP contribution in [0.15, 0.2) is 6.20 Å². The van der Waals surface area contributed by atoms with E-state index in [-0.39, 0.29) is 0 Å². The van der Waals surface area contributed by atoms with Gasteiger partial charge < -0.3 is 5.32 Å². The van der Waals surface area contributed by atoms with E-state index in [0.29, 0.717) is 6.04 Å². The first-order chi connectivity index (χ1) is 6.65. The third-order valence-electron chi connectivity index (χ3n) is 2.93. The van der Waals surface area contributed by atoms with Crippen LogP contribution in [-0.4, -0.2) is 16.0 Å². The molecule has 0 aromatic carbocycles. The molecule has 1 aliphatic carbocycles. The van der Waals surface area contributed by atoms with Gasteiger partial charge in [0.15, 0.2) is 0 Å². The molecule has 0 saturated heterocycles. The van der Waals surface area contributed by atoms with E-state index in [1.54, 1.807) is 0 Å². The van der Waals surface area contributed by atoms with Gasteiger partial charge in [0.05, 0.1) is 0 Å². The van der Waals surface area contributed by atoms with Gasteiger partial charge in [-0.15, -0.1) is 0 Å². The van der Waals surface area contributed by atoms with E-state index in [1.165, 1.54) is 12.8 Å². The fourth-order valence-corrected chi connectivity index (χ4v) is 1.80. The van der Waals surface area contributed by atoms with Crippen molar-refractivity contribution in [1.82, 2.24) is 9.97 Å². The number of hydrogen-bond acceptors (Lipinski definition) is 3. The Morgan fingerprint density at radius 2 is 2.07 bits per heavy atom. The molecule has 2 rings (SSSR count). The van der Waals surface area contributed by atoms with Crippen molar-refractivity contribution in [2.75, 3.05) is 5.32 Å². The number of hydrogen-bond donors (Lipinski definition) is 1. The second-order valence-corrected chi connectivity index (χ2v) is 4.38. The van der Waals surface area contributed by atoms with E-state index in [0.717, 1.165) is 23.1 Å². The van der Waals surface area contributed by atoms with Crippen molar-refractivity contribution < 1.29 is 0 Å². The standard InChI is InChI=1S/C11H17N3/c1-7-4-10(5-7)14-11-12-6-8(2)9(3)13-11/h6-7,10H,4-5H2,1-3H3,(H,12,13,14). The predicted molar refractivity (Wildman–Crippen MR) is 57.3 cm³/mol. The lowest BCUT2D eigenvalue weighted by molar-refractivity contribution is 0.308. The fraction of sp³-hybridized carbons (Fsp3) is 0.636. The van der Waals surface area contributed by atoms with E-state index < -0.39 is 0 Å². The second kappa shape index (κ2) is 3.56. The highest BCUT2D eigenvalue weighted by Gasteiger charge is 2.25. The number of anilines is 1. The highest BCUT2D eigenvalue weighted by molar-refractivity contribution is 5.30. The highest BCUT2D eigenvalue weighted by atomic mass is 15.1. The van der Waals surface area contributed by atoms with Gasteiger partial charge in [-0.25, -0.2) is 9.97 Å². The van der Waals surface area contributed by atoms with E-state index in [4.69, 9.17) is 0 Å². The molecule has 1 N–H and O–H groups in total. The first-order valence-electron chi connectivity index (χ1n) is 5.22. The maximum Gasteiger partial charge on any atom is 0.223 e. The van der Waals surface area contributed by atoms with Crippen molar-refractivity contribution in [1.29, 1.82) is 0 Å². The maximum absolute atomic E-state index is 4.40. The van der Waals surface area contributed by atoms with Crippen molar-refractivity contribution >= 4 is 5.95 Å². The van der Waals surface area contributed by atoms with Crippen LogP contribution in [0.2, 0.25) is 0 Å². The number of rotatable bonds is 2. The Bertz CT molecular complexity index is 329. The second-order valence-electron chi connectivity index (χ2n) is 4.38. The Hall–Kier alpha value is -1.12. The Morgan fingerprint density at radius 3 is 2.64 bits per heavy atom. The van der Waals surface area contributed by atoms with E-state index >= 15 is 0 Å². The van der Waals surface area contributed by atoms with Crippen LogP contribution >= 0.6 is 0 Å². The SMILES string of the molecule is Cc1cnc(NC2CC(C)C2)nc1C. The van der Waals surface area contributed by atoms with E-state index in [9.17, 15) is 0 Å². The number of aromatic nitrogens is 2. The molecule has 0 spiro atoms. The lowest BCUT2D eigenvalue weighted by Gasteiger charge is -2.33. The van der Waals surface area contributed by atoms with Crippen LogP contribution in [0.25, 0.3) is 0 Å². The summed E-state index contributed by atoms with van der Waals surface area (Å²) in [6.45, 7) is 6.33. The van der Waals surface area contributed by atoms with Crippen LogP contribution in [0.1, 0.15) is 31.0 Å². The number of nitrogens with one attached hydrogen (secondary N) is 1. The molecular weight excluding hydrogens is 174 g/mol. The van der Waals surface area contributed by atoms with Crippen molar-refractivity contribution in [3.8, 4) is 0 Å². The Morgan fingerprint density at radius 1 is 1.36 bits per heavy atom. The fourth-order valence-electron chi connectivity index (χ4n) is 1.80. The summed E-state index contributed by atoms with van der Waals surface area (Å²) in [6.07, 6.45) is 4.37. The molecule has 0 radical (unpaired) electrons. The van der Waals surface area contributed by atoms with Gasteiger partial charge in [-0.2, -0.15) is 0 Å². The molecule has 3 heteroatoms. The summed E-state index contributed by atoms with van der Waals surface area (Å²) in [7, 11) is 0. The first kappa shape index (κ1) is 9.44. The molecule has 1 saturated carbocycles.